The van der Waals surface area contributed by atoms with Gasteiger partial charge >= 0.3 is 10.2 Å². The molecule has 1 rings (SSSR count). The first kappa shape index (κ1) is 9.96. The van der Waals surface area contributed by atoms with E-state index in [1.165, 1.54) is 0 Å². The zero-order valence-corrected chi connectivity index (χ0v) is 8.11. The highest BCUT2D eigenvalue weighted by Crippen LogP contribution is 2.31. The third-order valence-corrected chi connectivity index (χ3v) is 3.93. The van der Waals surface area contributed by atoms with Gasteiger partial charge in [0, 0.05) is 0 Å². The summed E-state index contributed by atoms with van der Waals surface area (Å²) in [4.78, 5) is 0. The molecular formula is C8H15FO2S. The Hall–Kier alpha value is -0.120. The zero-order chi connectivity index (χ0) is 9.19. The van der Waals surface area contributed by atoms with E-state index >= 15 is 0 Å². The van der Waals surface area contributed by atoms with Gasteiger partial charge in [-0.05, 0) is 18.8 Å². The molecule has 4 heteroatoms. The Morgan fingerprint density at radius 3 is 2.58 bits per heavy atom. The van der Waals surface area contributed by atoms with Crippen LogP contribution in [0.15, 0.2) is 0 Å². The van der Waals surface area contributed by atoms with Crippen LogP contribution in [0.4, 0.5) is 3.89 Å². The SMILES string of the molecule is CCC1CCCC(S(=O)(=O)F)C1. The predicted octanol–water partition coefficient (Wildman–Crippen LogP) is 2.25. The quantitative estimate of drug-likeness (QED) is 0.632. The minimum absolute atomic E-state index is 0.411. The molecule has 1 fully saturated rings. The molecule has 0 heterocycles. The van der Waals surface area contributed by atoms with Crippen LogP contribution in [0.25, 0.3) is 0 Å². The summed E-state index contributed by atoms with van der Waals surface area (Å²) in [6.07, 6.45) is 3.91. The van der Waals surface area contributed by atoms with Crippen LogP contribution in [0.2, 0.25) is 0 Å². The van der Waals surface area contributed by atoms with Crippen molar-refractivity contribution in [1.82, 2.24) is 0 Å². The van der Waals surface area contributed by atoms with E-state index in [1.54, 1.807) is 0 Å². The van der Waals surface area contributed by atoms with E-state index in [1.807, 2.05) is 6.92 Å². The standard InChI is InChI=1S/C8H15FO2S/c1-2-7-4-3-5-8(6-7)12(9,10)11/h7-8H,2-6H2,1H3. The Morgan fingerprint density at radius 1 is 1.42 bits per heavy atom. The van der Waals surface area contributed by atoms with Crippen LogP contribution >= 0.6 is 0 Å². The number of hydrogen-bond acceptors (Lipinski definition) is 2. The first-order valence-corrected chi connectivity index (χ1v) is 5.92. The summed E-state index contributed by atoms with van der Waals surface area (Å²) >= 11 is 0. The van der Waals surface area contributed by atoms with Gasteiger partial charge in [0.05, 0.1) is 5.25 Å². The Bertz CT molecular complexity index is 235. The minimum Gasteiger partial charge on any atom is -0.195 e. The average Bonchev–Trinajstić information content (AvgIpc) is 2.03. The molecule has 12 heavy (non-hydrogen) atoms. The van der Waals surface area contributed by atoms with Gasteiger partial charge in [0.2, 0.25) is 0 Å². The van der Waals surface area contributed by atoms with Gasteiger partial charge in [-0.15, -0.1) is 3.89 Å². The molecule has 0 bridgehead atoms. The first-order valence-electron chi connectivity index (χ1n) is 4.47. The molecular weight excluding hydrogens is 179 g/mol. The summed E-state index contributed by atoms with van der Waals surface area (Å²) in [5, 5.41) is -0.712. The van der Waals surface area contributed by atoms with Crippen molar-refractivity contribution < 1.29 is 12.3 Å². The molecule has 2 nitrogen and oxygen atoms in total. The topological polar surface area (TPSA) is 34.1 Å². The van der Waals surface area contributed by atoms with Crippen molar-refractivity contribution in [3.8, 4) is 0 Å². The van der Waals surface area contributed by atoms with Gasteiger partial charge in [-0.1, -0.05) is 26.2 Å². The molecule has 0 N–H and O–H groups in total. The lowest BCUT2D eigenvalue weighted by Crippen LogP contribution is -2.25. The second-order valence-corrected chi connectivity index (χ2v) is 5.16. The zero-order valence-electron chi connectivity index (χ0n) is 7.29. The van der Waals surface area contributed by atoms with E-state index in [0.717, 1.165) is 19.3 Å². The second kappa shape index (κ2) is 3.73. The lowest BCUT2D eigenvalue weighted by atomic mass is 9.87. The lowest BCUT2D eigenvalue weighted by molar-refractivity contribution is 0.343. The van der Waals surface area contributed by atoms with Crippen LogP contribution in [0.5, 0.6) is 0 Å². The largest absolute Gasteiger partial charge is 0.305 e. The number of rotatable bonds is 2. The van der Waals surface area contributed by atoms with E-state index in [-0.39, 0.29) is 0 Å². The smallest absolute Gasteiger partial charge is 0.195 e. The fourth-order valence-corrected chi connectivity index (χ4v) is 2.82. The van der Waals surface area contributed by atoms with Crippen molar-refractivity contribution in [1.29, 1.82) is 0 Å². The van der Waals surface area contributed by atoms with Crippen LogP contribution in [-0.4, -0.2) is 13.7 Å². The van der Waals surface area contributed by atoms with E-state index in [4.69, 9.17) is 0 Å². The van der Waals surface area contributed by atoms with Crippen molar-refractivity contribution >= 4 is 10.2 Å². The highest BCUT2D eigenvalue weighted by atomic mass is 32.3. The molecule has 2 unspecified atom stereocenters. The van der Waals surface area contributed by atoms with Crippen molar-refractivity contribution in [2.24, 2.45) is 5.92 Å². The van der Waals surface area contributed by atoms with Crippen molar-refractivity contribution in [3.05, 3.63) is 0 Å². The number of halogens is 1. The molecule has 0 aromatic heterocycles. The van der Waals surface area contributed by atoms with Crippen LogP contribution in [-0.2, 0) is 10.2 Å². The fourth-order valence-electron chi connectivity index (χ4n) is 1.87. The summed E-state index contributed by atoms with van der Waals surface area (Å²) < 4.78 is 33.7. The molecule has 1 aliphatic rings. The molecule has 2 atom stereocenters. The Kier molecular flexibility index (Phi) is 3.09. The molecule has 0 radical (unpaired) electrons. The summed E-state index contributed by atoms with van der Waals surface area (Å²) in [7, 11) is -4.27. The molecule has 0 amide bonds. The minimum atomic E-state index is -4.27. The molecule has 0 aromatic carbocycles. The van der Waals surface area contributed by atoms with Gasteiger partial charge in [0.25, 0.3) is 0 Å². The summed E-state index contributed by atoms with van der Waals surface area (Å²) in [5.74, 6) is 0.411. The van der Waals surface area contributed by atoms with E-state index in [0.29, 0.717) is 18.8 Å². The van der Waals surface area contributed by atoms with Crippen LogP contribution < -0.4 is 0 Å². The number of hydrogen-bond donors (Lipinski definition) is 0. The summed E-state index contributed by atoms with van der Waals surface area (Å²) in [5.41, 5.74) is 0. The van der Waals surface area contributed by atoms with Crippen molar-refractivity contribution in [2.45, 2.75) is 44.3 Å². The molecule has 1 aliphatic carbocycles. The third-order valence-electron chi connectivity index (χ3n) is 2.71. The van der Waals surface area contributed by atoms with Gasteiger partial charge in [0.1, 0.15) is 0 Å². The summed E-state index contributed by atoms with van der Waals surface area (Å²) in [6.45, 7) is 2.03. The average molecular weight is 194 g/mol. The normalized spacial score (nSPS) is 31.8. The van der Waals surface area contributed by atoms with Gasteiger partial charge in [0.15, 0.2) is 0 Å². The highest BCUT2D eigenvalue weighted by molar-refractivity contribution is 7.87. The van der Waals surface area contributed by atoms with Crippen molar-refractivity contribution in [2.75, 3.05) is 0 Å². The van der Waals surface area contributed by atoms with Gasteiger partial charge < -0.3 is 0 Å². The maximum atomic E-state index is 12.6. The molecule has 1 saturated carbocycles. The van der Waals surface area contributed by atoms with Crippen LogP contribution in [0.1, 0.15) is 39.0 Å². The monoisotopic (exact) mass is 194 g/mol. The molecule has 0 spiro atoms. The molecule has 0 saturated heterocycles. The molecule has 0 aromatic rings. The summed E-state index contributed by atoms with van der Waals surface area (Å²) in [6, 6.07) is 0. The van der Waals surface area contributed by atoms with Gasteiger partial charge in [-0.2, -0.15) is 8.42 Å². The Labute approximate surface area is 73.4 Å². The van der Waals surface area contributed by atoms with E-state index < -0.39 is 15.5 Å². The lowest BCUT2D eigenvalue weighted by Gasteiger charge is -2.25. The van der Waals surface area contributed by atoms with Crippen molar-refractivity contribution in [3.63, 3.8) is 0 Å². The van der Waals surface area contributed by atoms with E-state index in [9.17, 15) is 12.3 Å². The maximum absolute atomic E-state index is 12.6. The maximum Gasteiger partial charge on any atom is 0.305 e. The Morgan fingerprint density at radius 2 is 2.08 bits per heavy atom. The van der Waals surface area contributed by atoms with Gasteiger partial charge in [-0.3, -0.25) is 0 Å². The molecule has 0 aliphatic heterocycles. The first-order chi connectivity index (χ1) is 5.54. The molecule has 72 valence electrons. The third kappa shape index (κ3) is 2.44. The van der Waals surface area contributed by atoms with E-state index in [2.05, 4.69) is 0 Å². The Balaban J connectivity index is 2.58. The fraction of sp³-hybridized carbons (Fsp3) is 1.00. The van der Waals surface area contributed by atoms with Gasteiger partial charge in [-0.25, -0.2) is 0 Å². The predicted molar refractivity (Wildman–Crippen MR) is 46.1 cm³/mol. The highest BCUT2D eigenvalue weighted by Gasteiger charge is 2.30. The van der Waals surface area contributed by atoms with Crippen LogP contribution in [0, 0.1) is 5.92 Å². The van der Waals surface area contributed by atoms with Crippen LogP contribution in [0.3, 0.4) is 0 Å². The second-order valence-electron chi connectivity index (χ2n) is 3.54.